The Bertz CT molecular complexity index is 455. The molecular formula is C14H15NO2. The van der Waals surface area contributed by atoms with Gasteiger partial charge in [0.05, 0.1) is 6.61 Å². The topological polar surface area (TPSA) is 38.3 Å². The third kappa shape index (κ3) is 4.89. The Hall–Kier alpha value is -2.21. The summed E-state index contributed by atoms with van der Waals surface area (Å²) in [6.45, 7) is 6.41. The molecule has 0 saturated carbocycles. The van der Waals surface area contributed by atoms with Crippen molar-refractivity contribution in [3.8, 4) is 11.8 Å². The van der Waals surface area contributed by atoms with Gasteiger partial charge >= 0.3 is 5.97 Å². The molecule has 0 radical (unpaired) electrons. The molecule has 1 aromatic carbocycles. The van der Waals surface area contributed by atoms with Crippen LogP contribution >= 0.6 is 0 Å². The van der Waals surface area contributed by atoms with E-state index in [2.05, 4.69) is 23.7 Å². The number of esters is 1. The highest BCUT2D eigenvalue weighted by Crippen LogP contribution is 2.09. The highest BCUT2D eigenvalue weighted by atomic mass is 16.5. The minimum absolute atomic E-state index is 0.342. The molecule has 1 rings (SSSR count). The molecule has 0 aliphatic rings. The van der Waals surface area contributed by atoms with E-state index in [1.165, 1.54) is 0 Å². The summed E-state index contributed by atoms with van der Waals surface area (Å²) < 4.78 is 4.72. The normalized spacial score (nSPS) is 8.76. The quantitative estimate of drug-likeness (QED) is 0.488. The summed E-state index contributed by atoms with van der Waals surface area (Å²) in [5.74, 6) is 4.68. The Morgan fingerprint density at radius 1 is 1.59 bits per heavy atom. The molecule has 1 N–H and O–H groups in total. The average molecular weight is 229 g/mol. The van der Waals surface area contributed by atoms with Crippen molar-refractivity contribution in [1.82, 2.24) is 0 Å². The molecule has 3 nitrogen and oxygen atoms in total. The van der Waals surface area contributed by atoms with Crippen LogP contribution in [-0.4, -0.2) is 19.1 Å². The lowest BCUT2D eigenvalue weighted by Crippen LogP contribution is -2.00. The molecule has 17 heavy (non-hydrogen) atoms. The van der Waals surface area contributed by atoms with Gasteiger partial charge in [-0.1, -0.05) is 18.1 Å². The van der Waals surface area contributed by atoms with Crippen LogP contribution in [0.4, 0.5) is 5.69 Å². The van der Waals surface area contributed by atoms with E-state index in [4.69, 9.17) is 4.74 Å². The lowest BCUT2D eigenvalue weighted by Gasteiger charge is -2.02. The van der Waals surface area contributed by atoms with Crippen LogP contribution in [0.3, 0.4) is 0 Å². The van der Waals surface area contributed by atoms with E-state index in [0.717, 1.165) is 11.3 Å². The first kappa shape index (κ1) is 12.9. The van der Waals surface area contributed by atoms with Gasteiger partial charge in [-0.15, -0.1) is 6.58 Å². The van der Waals surface area contributed by atoms with Crippen LogP contribution < -0.4 is 5.32 Å². The Kier molecular flexibility index (Phi) is 5.39. The summed E-state index contributed by atoms with van der Waals surface area (Å²) in [6.07, 6.45) is 1.77. The molecule has 0 aliphatic carbocycles. The molecule has 0 atom stereocenters. The molecule has 0 aliphatic heterocycles. The van der Waals surface area contributed by atoms with Gasteiger partial charge in [0.15, 0.2) is 0 Å². The van der Waals surface area contributed by atoms with Crippen molar-refractivity contribution in [2.24, 2.45) is 0 Å². The standard InChI is InChI=1S/C14H15NO2/c1-3-10-15-13-7-5-6-12(11-13)8-9-14(16)17-4-2/h3,5-7,11,15H,1,4,10H2,2H3. The first-order valence-corrected chi connectivity index (χ1v) is 5.40. The van der Waals surface area contributed by atoms with Gasteiger partial charge in [-0.25, -0.2) is 4.79 Å². The Morgan fingerprint density at radius 2 is 2.41 bits per heavy atom. The molecule has 0 spiro atoms. The summed E-state index contributed by atoms with van der Waals surface area (Å²) in [6, 6.07) is 7.51. The lowest BCUT2D eigenvalue weighted by atomic mass is 10.2. The summed E-state index contributed by atoms with van der Waals surface area (Å²) in [5.41, 5.74) is 1.72. The maximum absolute atomic E-state index is 11.0. The second-order valence-electron chi connectivity index (χ2n) is 3.22. The number of ether oxygens (including phenoxy) is 1. The van der Waals surface area contributed by atoms with E-state index in [-0.39, 0.29) is 0 Å². The average Bonchev–Trinajstić information content (AvgIpc) is 2.35. The zero-order valence-corrected chi connectivity index (χ0v) is 9.82. The van der Waals surface area contributed by atoms with Gasteiger partial charge < -0.3 is 10.1 Å². The molecule has 0 aromatic heterocycles. The van der Waals surface area contributed by atoms with Crippen molar-refractivity contribution < 1.29 is 9.53 Å². The summed E-state index contributed by atoms with van der Waals surface area (Å²) in [5, 5.41) is 3.15. The van der Waals surface area contributed by atoms with Crippen LogP contribution in [0.2, 0.25) is 0 Å². The number of hydrogen-bond donors (Lipinski definition) is 1. The first-order valence-electron chi connectivity index (χ1n) is 5.40. The van der Waals surface area contributed by atoms with Gasteiger partial charge in [0.1, 0.15) is 0 Å². The predicted molar refractivity (Wildman–Crippen MR) is 68.6 cm³/mol. The molecule has 3 heteroatoms. The number of anilines is 1. The molecule has 0 heterocycles. The second-order valence-corrected chi connectivity index (χ2v) is 3.22. The van der Waals surface area contributed by atoms with Gasteiger partial charge in [-0.05, 0) is 25.1 Å². The van der Waals surface area contributed by atoms with Gasteiger partial charge in [-0.3, -0.25) is 0 Å². The summed E-state index contributed by atoms with van der Waals surface area (Å²) in [7, 11) is 0. The Balaban J connectivity index is 2.71. The number of benzene rings is 1. The Morgan fingerprint density at radius 3 is 3.12 bits per heavy atom. The third-order valence-corrected chi connectivity index (χ3v) is 1.90. The van der Waals surface area contributed by atoms with Crippen molar-refractivity contribution in [3.63, 3.8) is 0 Å². The van der Waals surface area contributed by atoms with Gasteiger partial charge in [0.2, 0.25) is 0 Å². The van der Waals surface area contributed by atoms with Crippen LogP contribution in [0.1, 0.15) is 12.5 Å². The smallest absolute Gasteiger partial charge is 0.384 e. The number of carbonyl (C=O) groups excluding carboxylic acids is 1. The number of nitrogens with one attached hydrogen (secondary N) is 1. The minimum atomic E-state index is -0.503. The van der Waals surface area contributed by atoms with E-state index in [9.17, 15) is 4.79 Å². The van der Waals surface area contributed by atoms with E-state index < -0.39 is 5.97 Å². The number of hydrogen-bond acceptors (Lipinski definition) is 3. The van der Waals surface area contributed by atoms with E-state index in [0.29, 0.717) is 13.2 Å². The summed E-state index contributed by atoms with van der Waals surface area (Å²) in [4.78, 5) is 11.0. The van der Waals surface area contributed by atoms with Gasteiger partial charge in [0.25, 0.3) is 0 Å². The van der Waals surface area contributed by atoms with Gasteiger partial charge in [-0.2, -0.15) is 0 Å². The van der Waals surface area contributed by atoms with Gasteiger partial charge in [0, 0.05) is 23.7 Å². The molecule has 0 saturated heterocycles. The molecule has 0 unspecified atom stereocenters. The highest BCUT2D eigenvalue weighted by Gasteiger charge is 1.94. The molecule has 0 fully saturated rings. The highest BCUT2D eigenvalue weighted by molar-refractivity contribution is 5.89. The van der Waals surface area contributed by atoms with Crippen LogP contribution in [0.25, 0.3) is 0 Å². The van der Waals surface area contributed by atoms with Crippen LogP contribution in [-0.2, 0) is 9.53 Å². The van der Waals surface area contributed by atoms with Crippen molar-refractivity contribution in [2.75, 3.05) is 18.5 Å². The first-order chi connectivity index (χ1) is 8.26. The molecule has 1 aromatic rings. The Labute approximate surface area is 101 Å². The monoisotopic (exact) mass is 229 g/mol. The lowest BCUT2D eigenvalue weighted by molar-refractivity contribution is -0.136. The van der Waals surface area contributed by atoms with E-state index >= 15 is 0 Å². The molecule has 0 bridgehead atoms. The largest absolute Gasteiger partial charge is 0.456 e. The van der Waals surface area contributed by atoms with Crippen molar-refractivity contribution >= 4 is 11.7 Å². The fraction of sp³-hybridized carbons (Fsp3) is 0.214. The van der Waals surface area contributed by atoms with E-state index in [1.54, 1.807) is 13.0 Å². The zero-order chi connectivity index (χ0) is 12.5. The minimum Gasteiger partial charge on any atom is -0.456 e. The molecule has 0 amide bonds. The van der Waals surface area contributed by atoms with Crippen LogP contribution in [0.15, 0.2) is 36.9 Å². The SMILES string of the molecule is C=CCNc1cccc(C#CC(=O)OCC)c1. The van der Waals surface area contributed by atoms with E-state index in [1.807, 2.05) is 24.3 Å². The van der Waals surface area contributed by atoms with Crippen molar-refractivity contribution in [3.05, 3.63) is 42.5 Å². The van der Waals surface area contributed by atoms with Crippen molar-refractivity contribution in [2.45, 2.75) is 6.92 Å². The van der Waals surface area contributed by atoms with Crippen molar-refractivity contribution in [1.29, 1.82) is 0 Å². The number of carbonyl (C=O) groups is 1. The van der Waals surface area contributed by atoms with Crippen LogP contribution in [0, 0.1) is 11.8 Å². The fourth-order valence-electron chi connectivity index (χ4n) is 1.19. The maximum Gasteiger partial charge on any atom is 0.384 e. The maximum atomic E-state index is 11.0. The molecular weight excluding hydrogens is 214 g/mol. The van der Waals surface area contributed by atoms with Crippen LogP contribution in [0.5, 0.6) is 0 Å². The third-order valence-electron chi connectivity index (χ3n) is 1.90. The predicted octanol–water partition coefficient (Wildman–Crippen LogP) is 2.20. The molecule has 88 valence electrons. The summed E-state index contributed by atoms with van der Waals surface area (Å²) >= 11 is 0. The fourth-order valence-corrected chi connectivity index (χ4v) is 1.19. The second kappa shape index (κ2) is 7.13. The zero-order valence-electron chi connectivity index (χ0n) is 9.82. The number of rotatable bonds is 4.